The molecule has 0 atom stereocenters. The van der Waals surface area contributed by atoms with E-state index in [0.29, 0.717) is 36.9 Å². The number of carbonyl (C=O) groups excluding carboxylic acids is 2. The lowest BCUT2D eigenvalue weighted by Gasteiger charge is -2.22. The molecule has 1 aliphatic heterocycles. The Kier molecular flexibility index (Phi) is 5.20. The van der Waals surface area contributed by atoms with Crippen LogP contribution in [0.15, 0.2) is 22.7 Å². The summed E-state index contributed by atoms with van der Waals surface area (Å²) in [6.07, 6.45) is 1.44. The average molecular weight is 357 g/mol. The van der Waals surface area contributed by atoms with Crippen LogP contribution in [0.4, 0.5) is 16.2 Å². The van der Waals surface area contributed by atoms with E-state index in [4.69, 9.17) is 4.52 Å². The van der Waals surface area contributed by atoms with Gasteiger partial charge in [0.1, 0.15) is 0 Å². The first kappa shape index (κ1) is 17.9. The third-order valence-corrected chi connectivity index (χ3v) is 4.42. The van der Waals surface area contributed by atoms with Crippen molar-refractivity contribution in [3.63, 3.8) is 0 Å². The third-order valence-electron chi connectivity index (χ3n) is 4.42. The van der Waals surface area contributed by atoms with Crippen molar-refractivity contribution in [2.24, 2.45) is 0 Å². The van der Waals surface area contributed by atoms with Gasteiger partial charge in [-0.15, -0.1) is 0 Å². The van der Waals surface area contributed by atoms with Gasteiger partial charge in [0, 0.05) is 37.8 Å². The first-order valence-corrected chi connectivity index (χ1v) is 8.74. The first-order valence-electron chi connectivity index (χ1n) is 8.74. The molecule has 0 radical (unpaired) electrons. The molecular weight excluding hydrogens is 334 g/mol. The van der Waals surface area contributed by atoms with E-state index in [1.165, 1.54) is 0 Å². The second-order valence-electron chi connectivity index (χ2n) is 6.32. The second-order valence-corrected chi connectivity index (χ2v) is 6.32. The number of anilines is 2. The maximum Gasteiger partial charge on any atom is 0.322 e. The summed E-state index contributed by atoms with van der Waals surface area (Å²) in [6.45, 7) is 7.00. The highest BCUT2D eigenvalue weighted by Gasteiger charge is 2.23. The standard InChI is InChI=1S/C18H23N5O3/c1-4-22(11-16-19-13(3)26-21-16)18(25)20-15-10-14(8-7-12(15)2)23-9-5-6-17(23)24/h7-8,10H,4-6,9,11H2,1-3H3,(H,20,25). The largest absolute Gasteiger partial charge is 0.340 e. The van der Waals surface area contributed by atoms with E-state index in [0.717, 1.165) is 17.7 Å². The molecule has 0 bridgehead atoms. The Hall–Kier alpha value is -2.90. The van der Waals surface area contributed by atoms with Gasteiger partial charge in [-0.25, -0.2) is 4.79 Å². The number of aromatic nitrogens is 2. The number of nitrogens with one attached hydrogen (secondary N) is 1. The van der Waals surface area contributed by atoms with E-state index in [9.17, 15) is 9.59 Å². The number of nitrogens with zero attached hydrogens (tertiary/aromatic N) is 4. The van der Waals surface area contributed by atoms with E-state index in [1.807, 2.05) is 32.0 Å². The van der Waals surface area contributed by atoms with Gasteiger partial charge in [-0.05, 0) is 38.0 Å². The zero-order valence-corrected chi connectivity index (χ0v) is 15.3. The van der Waals surface area contributed by atoms with Crippen molar-refractivity contribution >= 4 is 23.3 Å². The van der Waals surface area contributed by atoms with Gasteiger partial charge < -0.3 is 19.6 Å². The summed E-state index contributed by atoms with van der Waals surface area (Å²) in [7, 11) is 0. The van der Waals surface area contributed by atoms with Gasteiger partial charge in [0.25, 0.3) is 0 Å². The van der Waals surface area contributed by atoms with Gasteiger partial charge >= 0.3 is 6.03 Å². The van der Waals surface area contributed by atoms with Crippen LogP contribution in [0.5, 0.6) is 0 Å². The van der Waals surface area contributed by atoms with Crippen molar-refractivity contribution in [3.8, 4) is 0 Å². The maximum absolute atomic E-state index is 12.7. The van der Waals surface area contributed by atoms with E-state index >= 15 is 0 Å². The highest BCUT2D eigenvalue weighted by Crippen LogP contribution is 2.27. The van der Waals surface area contributed by atoms with Crippen LogP contribution in [0.1, 0.15) is 37.0 Å². The van der Waals surface area contributed by atoms with Crippen LogP contribution >= 0.6 is 0 Å². The Morgan fingerprint density at radius 1 is 1.38 bits per heavy atom. The predicted molar refractivity (Wildman–Crippen MR) is 96.9 cm³/mol. The first-order chi connectivity index (χ1) is 12.5. The summed E-state index contributed by atoms with van der Waals surface area (Å²) in [5.41, 5.74) is 2.43. The lowest BCUT2D eigenvalue weighted by molar-refractivity contribution is -0.117. The molecule has 1 aromatic heterocycles. The molecule has 8 nitrogen and oxygen atoms in total. The van der Waals surface area contributed by atoms with E-state index < -0.39 is 0 Å². The minimum atomic E-state index is -0.247. The van der Waals surface area contributed by atoms with Crippen LogP contribution in [0.3, 0.4) is 0 Å². The quantitative estimate of drug-likeness (QED) is 0.888. The molecule has 0 saturated carbocycles. The fraction of sp³-hybridized carbons (Fsp3) is 0.444. The average Bonchev–Trinajstić information content (AvgIpc) is 3.22. The van der Waals surface area contributed by atoms with Crippen molar-refractivity contribution in [2.45, 2.75) is 40.2 Å². The molecule has 1 aliphatic rings. The molecule has 138 valence electrons. The van der Waals surface area contributed by atoms with Crippen molar-refractivity contribution < 1.29 is 14.1 Å². The van der Waals surface area contributed by atoms with Crippen LogP contribution in [-0.2, 0) is 11.3 Å². The third kappa shape index (κ3) is 3.84. The highest BCUT2D eigenvalue weighted by atomic mass is 16.5. The molecule has 1 aromatic carbocycles. The molecule has 3 amide bonds. The van der Waals surface area contributed by atoms with E-state index in [2.05, 4.69) is 15.5 Å². The number of hydrogen-bond donors (Lipinski definition) is 1. The van der Waals surface area contributed by atoms with Crippen LogP contribution in [0.2, 0.25) is 0 Å². The van der Waals surface area contributed by atoms with Crippen molar-refractivity contribution in [2.75, 3.05) is 23.3 Å². The fourth-order valence-electron chi connectivity index (χ4n) is 2.93. The number of hydrogen-bond acceptors (Lipinski definition) is 5. The minimum Gasteiger partial charge on any atom is -0.340 e. The SMILES string of the molecule is CCN(Cc1noc(C)n1)C(=O)Nc1cc(N2CCCC2=O)ccc1C. The van der Waals surface area contributed by atoms with E-state index in [1.54, 1.807) is 16.7 Å². The summed E-state index contributed by atoms with van der Waals surface area (Å²) in [5.74, 6) is 1.05. The molecular formula is C18H23N5O3. The zero-order valence-electron chi connectivity index (χ0n) is 15.3. The lowest BCUT2D eigenvalue weighted by Crippen LogP contribution is -2.35. The lowest BCUT2D eigenvalue weighted by atomic mass is 10.1. The van der Waals surface area contributed by atoms with E-state index in [-0.39, 0.29) is 18.5 Å². The summed E-state index contributed by atoms with van der Waals surface area (Å²) in [5, 5.41) is 6.76. The Morgan fingerprint density at radius 2 is 2.19 bits per heavy atom. The van der Waals surface area contributed by atoms with Crippen LogP contribution in [-0.4, -0.2) is 40.1 Å². The topological polar surface area (TPSA) is 91.6 Å². The van der Waals surface area contributed by atoms with Crippen LogP contribution < -0.4 is 10.2 Å². The molecule has 0 aliphatic carbocycles. The molecule has 1 N–H and O–H groups in total. The summed E-state index contributed by atoms with van der Waals surface area (Å²) in [6, 6.07) is 5.43. The smallest absolute Gasteiger partial charge is 0.322 e. The van der Waals surface area contributed by atoms with Gasteiger partial charge in [0.05, 0.1) is 6.54 Å². The Labute approximate surface area is 152 Å². The van der Waals surface area contributed by atoms with Crippen LogP contribution in [0, 0.1) is 13.8 Å². The van der Waals surface area contributed by atoms with Gasteiger partial charge in [0.2, 0.25) is 11.8 Å². The molecule has 0 spiro atoms. The van der Waals surface area contributed by atoms with Gasteiger partial charge in [-0.2, -0.15) is 4.98 Å². The van der Waals surface area contributed by atoms with Crippen molar-refractivity contribution in [3.05, 3.63) is 35.5 Å². The highest BCUT2D eigenvalue weighted by molar-refractivity contribution is 5.97. The summed E-state index contributed by atoms with van der Waals surface area (Å²) in [4.78, 5) is 32.1. The number of rotatable bonds is 5. The number of benzene rings is 1. The molecule has 2 aromatic rings. The maximum atomic E-state index is 12.7. The summed E-state index contributed by atoms with van der Waals surface area (Å²) >= 11 is 0. The van der Waals surface area contributed by atoms with Gasteiger partial charge in [-0.1, -0.05) is 11.2 Å². The zero-order chi connectivity index (χ0) is 18.7. The minimum absolute atomic E-state index is 0.119. The Bertz CT molecular complexity index is 817. The Morgan fingerprint density at radius 3 is 2.81 bits per heavy atom. The monoisotopic (exact) mass is 357 g/mol. The van der Waals surface area contributed by atoms with Gasteiger partial charge in [0.15, 0.2) is 5.82 Å². The van der Waals surface area contributed by atoms with Crippen molar-refractivity contribution in [1.82, 2.24) is 15.0 Å². The summed E-state index contributed by atoms with van der Waals surface area (Å²) < 4.78 is 4.95. The van der Waals surface area contributed by atoms with Crippen LogP contribution in [0.25, 0.3) is 0 Å². The number of aryl methyl sites for hydroxylation is 2. The Balaban J connectivity index is 1.73. The van der Waals surface area contributed by atoms with Crippen molar-refractivity contribution in [1.29, 1.82) is 0 Å². The fourth-order valence-corrected chi connectivity index (χ4v) is 2.93. The molecule has 8 heteroatoms. The predicted octanol–water partition coefficient (Wildman–Crippen LogP) is 2.87. The molecule has 3 rings (SSSR count). The molecule has 0 unspecified atom stereocenters. The molecule has 1 fully saturated rings. The van der Waals surface area contributed by atoms with Gasteiger partial charge in [-0.3, -0.25) is 4.79 Å². The molecule has 2 heterocycles. The second kappa shape index (κ2) is 7.55. The number of urea groups is 1. The normalized spacial score (nSPS) is 14.0. The molecule has 26 heavy (non-hydrogen) atoms. The number of carbonyl (C=O) groups is 2. The number of amides is 3. The molecule has 1 saturated heterocycles.